The first-order chi connectivity index (χ1) is 15.5. The maximum Gasteiger partial charge on any atom is 0.248 e. The lowest BCUT2D eigenvalue weighted by Crippen LogP contribution is -2.60. The van der Waals surface area contributed by atoms with E-state index in [1.807, 2.05) is 66.6 Å². The van der Waals surface area contributed by atoms with E-state index in [4.69, 9.17) is 9.73 Å². The number of ether oxygens (including phenoxy) is 1. The van der Waals surface area contributed by atoms with Crippen molar-refractivity contribution in [2.24, 2.45) is 10.9 Å². The second kappa shape index (κ2) is 9.79. The number of hydrogen-bond acceptors (Lipinski definition) is 5. The van der Waals surface area contributed by atoms with Gasteiger partial charge < -0.3 is 14.5 Å². The summed E-state index contributed by atoms with van der Waals surface area (Å²) >= 11 is 0. The summed E-state index contributed by atoms with van der Waals surface area (Å²) in [5, 5.41) is 0. The number of rotatable bonds is 6. The van der Waals surface area contributed by atoms with Crippen molar-refractivity contribution in [2.45, 2.75) is 38.6 Å². The van der Waals surface area contributed by atoms with Crippen LogP contribution in [0.4, 0.5) is 0 Å². The third-order valence-corrected chi connectivity index (χ3v) is 6.58. The average molecular weight is 437 g/mol. The summed E-state index contributed by atoms with van der Waals surface area (Å²) in [6.07, 6.45) is 7.80. The number of benzene rings is 1. The summed E-state index contributed by atoms with van der Waals surface area (Å²) in [7, 11) is 1.81. The predicted octanol–water partition coefficient (Wildman–Crippen LogP) is 2.11. The lowest BCUT2D eigenvalue weighted by Gasteiger charge is -2.44. The van der Waals surface area contributed by atoms with Crippen LogP contribution in [0.25, 0.3) is 0 Å². The van der Waals surface area contributed by atoms with Crippen LogP contribution in [0.5, 0.6) is 0 Å². The molecule has 0 aromatic heterocycles. The molecule has 1 fully saturated rings. The highest BCUT2D eigenvalue weighted by molar-refractivity contribution is 6.04. The fourth-order valence-corrected chi connectivity index (χ4v) is 4.70. The fourth-order valence-electron chi connectivity index (χ4n) is 4.70. The van der Waals surface area contributed by atoms with E-state index in [0.29, 0.717) is 13.2 Å². The Labute approximate surface area is 190 Å². The van der Waals surface area contributed by atoms with Crippen LogP contribution in [0.1, 0.15) is 19.4 Å². The molecule has 0 radical (unpaired) electrons. The van der Waals surface area contributed by atoms with Gasteiger partial charge in [0.25, 0.3) is 0 Å². The van der Waals surface area contributed by atoms with Crippen molar-refractivity contribution in [3.63, 3.8) is 0 Å². The van der Waals surface area contributed by atoms with E-state index in [2.05, 4.69) is 18.7 Å². The summed E-state index contributed by atoms with van der Waals surface area (Å²) in [4.78, 5) is 36.4. The molecule has 0 bridgehead atoms. The number of amidine groups is 1. The Morgan fingerprint density at radius 3 is 2.69 bits per heavy atom. The van der Waals surface area contributed by atoms with Gasteiger partial charge in [-0.1, -0.05) is 54.6 Å². The second-order valence-electron chi connectivity index (χ2n) is 8.76. The zero-order valence-electron chi connectivity index (χ0n) is 19.1. The van der Waals surface area contributed by atoms with E-state index in [1.54, 1.807) is 4.90 Å². The van der Waals surface area contributed by atoms with Crippen molar-refractivity contribution in [1.29, 1.82) is 0 Å². The Bertz CT molecular complexity index is 926. The monoisotopic (exact) mass is 436 g/mol. The molecule has 2 aliphatic heterocycles. The molecule has 1 aliphatic carbocycles. The van der Waals surface area contributed by atoms with Gasteiger partial charge in [0.15, 0.2) is 0 Å². The average Bonchev–Trinajstić information content (AvgIpc) is 2.81. The van der Waals surface area contributed by atoms with Crippen molar-refractivity contribution < 1.29 is 14.3 Å². The number of carbonyl (C=O) groups excluding carboxylic acids is 2. The van der Waals surface area contributed by atoms with E-state index >= 15 is 0 Å². The number of aliphatic imine (C=N–C) groups is 1. The Hall–Kier alpha value is -2.77. The first-order valence-electron chi connectivity index (χ1n) is 11.3. The van der Waals surface area contributed by atoms with Crippen molar-refractivity contribution in [2.75, 3.05) is 33.3 Å². The number of piperazine rings is 1. The molecule has 2 amide bonds. The minimum atomic E-state index is -0.203. The lowest BCUT2D eigenvalue weighted by atomic mass is 9.92. The summed E-state index contributed by atoms with van der Waals surface area (Å²) in [5.74, 6) is 0.703. The summed E-state index contributed by atoms with van der Waals surface area (Å²) < 4.78 is 5.65. The van der Waals surface area contributed by atoms with E-state index in [1.165, 1.54) is 0 Å². The van der Waals surface area contributed by atoms with Crippen molar-refractivity contribution in [1.82, 2.24) is 14.7 Å². The number of carbonyl (C=O) groups is 2. The number of allylic oxidation sites excluding steroid dienone is 2. The zero-order chi connectivity index (χ0) is 22.7. The van der Waals surface area contributed by atoms with Gasteiger partial charge in [-0.15, -0.1) is 0 Å². The highest BCUT2D eigenvalue weighted by atomic mass is 16.5. The van der Waals surface area contributed by atoms with Crippen molar-refractivity contribution in [3.8, 4) is 0 Å². The molecule has 7 heteroatoms. The molecule has 0 spiro atoms. The minimum absolute atomic E-state index is 0.00163. The van der Waals surface area contributed by atoms with Crippen LogP contribution >= 0.6 is 0 Å². The molecule has 0 saturated carbocycles. The molecule has 1 aromatic carbocycles. The van der Waals surface area contributed by atoms with Crippen LogP contribution in [0, 0.1) is 5.92 Å². The fraction of sp³-hybridized carbons (Fsp3) is 0.480. The third-order valence-electron chi connectivity index (χ3n) is 6.58. The summed E-state index contributed by atoms with van der Waals surface area (Å²) in [6.45, 7) is 6.79. The van der Waals surface area contributed by atoms with E-state index in [0.717, 1.165) is 24.5 Å². The topological polar surface area (TPSA) is 65.5 Å². The van der Waals surface area contributed by atoms with Gasteiger partial charge in [0.05, 0.1) is 24.6 Å². The number of hydrogen-bond donors (Lipinski definition) is 0. The van der Waals surface area contributed by atoms with Gasteiger partial charge in [-0.25, -0.2) is 0 Å². The van der Waals surface area contributed by atoms with Gasteiger partial charge >= 0.3 is 0 Å². The predicted molar refractivity (Wildman–Crippen MR) is 124 cm³/mol. The largest absolute Gasteiger partial charge is 0.367 e. The minimum Gasteiger partial charge on any atom is -0.367 e. The number of amides is 2. The van der Waals surface area contributed by atoms with Crippen LogP contribution in [-0.2, 0) is 20.9 Å². The van der Waals surface area contributed by atoms with Gasteiger partial charge in [-0.3, -0.25) is 19.5 Å². The Kier molecular flexibility index (Phi) is 6.86. The van der Waals surface area contributed by atoms with E-state index in [9.17, 15) is 9.59 Å². The van der Waals surface area contributed by atoms with Crippen LogP contribution in [0.3, 0.4) is 0 Å². The second-order valence-corrected chi connectivity index (χ2v) is 8.76. The number of nitrogens with zero attached hydrogens (tertiary/aromatic N) is 4. The van der Waals surface area contributed by atoms with Crippen molar-refractivity contribution >= 4 is 17.6 Å². The molecule has 32 heavy (non-hydrogen) atoms. The Morgan fingerprint density at radius 2 is 1.94 bits per heavy atom. The Morgan fingerprint density at radius 1 is 1.19 bits per heavy atom. The van der Waals surface area contributed by atoms with Crippen LogP contribution < -0.4 is 0 Å². The molecular formula is C25H32N4O3. The molecular weight excluding hydrogens is 404 g/mol. The molecule has 4 unspecified atom stereocenters. The highest BCUT2D eigenvalue weighted by Gasteiger charge is 2.39. The SMILES string of the molecule is CC(C1=NC2C=CC=CC2C(=O)N1C)N1CCN(C(=O)COCc2ccccc2)C(C)C1. The maximum atomic E-state index is 12.8. The molecule has 4 atom stereocenters. The van der Waals surface area contributed by atoms with Gasteiger partial charge in [0.1, 0.15) is 12.4 Å². The first-order valence-corrected chi connectivity index (χ1v) is 11.3. The maximum absolute atomic E-state index is 12.8. The first kappa shape index (κ1) is 22.4. The summed E-state index contributed by atoms with van der Waals surface area (Å²) in [6, 6.07) is 9.81. The van der Waals surface area contributed by atoms with Gasteiger partial charge in [-0.2, -0.15) is 0 Å². The van der Waals surface area contributed by atoms with Crippen LogP contribution in [0.15, 0.2) is 59.6 Å². The molecule has 3 aliphatic rings. The van der Waals surface area contributed by atoms with Crippen molar-refractivity contribution in [3.05, 3.63) is 60.2 Å². The lowest BCUT2D eigenvalue weighted by molar-refractivity contribution is -0.141. The molecule has 4 rings (SSSR count). The van der Waals surface area contributed by atoms with Crippen LogP contribution in [-0.4, -0.2) is 83.8 Å². The van der Waals surface area contributed by atoms with Gasteiger partial charge in [0, 0.05) is 32.7 Å². The van der Waals surface area contributed by atoms with E-state index in [-0.39, 0.29) is 42.5 Å². The zero-order valence-corrected chi connectivity index (χ0v) is 19.1. The number of fused-ring (bicyclic) bond motifs is 1. The highest BCUT2D eigenvalue weighted by Crippen LogP contribution is 2.25. The molecule has 170 valence electrons. The quantitative estimate of drug-likeness (QED) is 0.685. The van der Waals surface area contributed by atoms with E-state index < -0.39 is 0 Å². The number of likely N-dealkylation sites (N-methyl/N-ethyl adjacent to an activating group) is 1. The molecule has 2 heterocycles. The molecule has 1 saturated heterocycles. The van der Waals surface area contributed by atoms with Gasteiger partial charge in [-0.05, 0) is 19.4 Å². The summed E-state index contributed by atoms with van der Waals surface area (Å²) in [5.41, 5.74) is 1.06. The molecule has 7 nitrogen and oxygen atoms in total. The smallest absolute Gasteiger partial charge is 0.248 e. The standard InChI is InChI=1S/C25H32N4O3/c1-18-15-28(13-14-29(18)23(30)17-32-16-20-9-5-4-6-10-20)19(2)24-26-22-12-8-7-11-21(22)25(31)27(24)3/h4-12,18-19,21-22H,13-17H2,1-3H3. The third kappa shape index (κ3) is 4.69. The molecule has 0 N–H and O–H groups in total. The van der Waals surface area contributed by atoms with Gasteiger partial charge in [0.2, 0.25) is 11.8 Å². The van der Waals surface area contributed by atoms with Crippen LogP contribution in [0.2, 0.25) is 0 Å². The normalized spacial score (nSPS) is 26.7. The Balaban J connectivity index is 1.33. The molecule has 1 aromatic rings.